The van der Waals surface area contributed by atoms with Gasteiger partial charge in [-0.25, -0.2) is 5.48 Å². The van der Waals surface area contributed by atoms with Crippen LogP contribution in [-0.4, -0.2) is 10.9 Å². The average Bonchev–Trinajstić information content (AvgIpc) is 2.84. The number of carbonyl (C=O) groups excluding carboxylic acids is 1. The van der Waals surface area contributed by atoms with Gasteiger partial charge in [-0.1, -0.05) is 30.3 Å². The maximum Gasteiger partial charge on any atom is 0.286 e. The summed E-state index contributed by atoms with van der Waals surface area (Å²) in [6, 6.07) is 9.63. The first-order valence-electron chi connectivity index (χ1n) is 4.71. The largest absolute Gasteiger partial charge is 0.286 e. The minimum absolute atomic E-state index is 0.265. The van der Waals surface area contributed by atoms with E-state index in [0.29, 0.717) is 11.5 Å². The summed E-state index contributed by atoms with van der Waals surface area (Å²) in [6.07, 6.45) is 1.51. The van der Waals surface area contributed by atoms with Crippen molar-refractivity contribution in [3.05, 3.63) is 52.5 Å². The molecule has 0 radical (unpaired) electrons. The second-order valence-corrected chi connectivity index (χ2v) is 3.96. The maximum absolute atomic E-state index is 11.4. The summed E-state index contributed by atoms with van der Waals surface area (Å²) in [5.74, 6) is -0.265. The summed E-state index contributed by atoms with van der Waals surface area (Å²) in [6.45, 7) is 0.353. The number of aromatic nitrogens is 1. The number of nitrogens with one attached hydrogen (secondary N) is 1. The van der Waals surface area contributed by atoms with Gasteiger partial charge in [-0.15, -0.1) is 11.3 Å². The highest BCUT2D eigenvalue weighted by Gasteiger charge is 2.06. The van der Waals surface area contributed by atoms with Crippen LogP contribution in [0.4, 0.5) is 0 Å². The van der Waals surface area contributed by atoms with Crippen molar-refractivity contribution in [2.45, 2.75) is 6.61 Å². The van der Waals surface area contributed by atoms with Crippen LogP contribution in [0.3, 0.4) is 0 Å². The molecular formula is C11H10N2O2S. The van der Waals surface area contributed by atoms with Crippen LogP contribution >= 0.6 is 11.3 Å². The monoisotopic (exact) mass is 234 g/mol. The molecule has 0 saturated carbocycles. The highest BCUT2D eigenvalue weighted by molar-refractivity contribution is 7.11. The molecule has 0 spiro atoms. The molecule has 0 aliphatic heterocycles. The number of rotatable bonds is 4. The van der Waals surface area contributed by atoms with E-state index in [1.807, 2.05) is 30.3 Å². The molecule has 0 saturated heterocycles. The molecule has 0 aliphatic carbocycles. The molecule has 5 heteroatoms. The fraction of sp³-hybridized carbons (Fsp3) is 0.0909. The van der Waals surface area contributed by atoms with Crippen LogP contribution in [0.1, 0.15) is 15.2 Å². The zero-order valence-electron chi connectivity index (χ0n) is 8.42. The lowest BCUT2D eigenvalue weighted by molar-refractivity contribution is 0.0237. The third kappa shape index (κ3) is 2.88. The third-order valence-electron chi connectivity index (χ3n) is 1.90. The van der Waals surface area contributed by atoms with Gasteiger partial charge in [-0.2, -0.15) is 0 Å². The minimum Gasteiger partial charge on any atom is -0.269 e. The topological polar surface area (TPSA) is 51.2 Å². The van der Waals surface area contributed by atoms with Crippen LogP contribution in [0.2, 0.25) is 0 Å². The zero-order valence-corrected chi connectivity index (χ0v) is 9.24. The number of hydroxylamine groups is 1. The number of benzene rings is 1. The van der Waals surface area contributed by atoms with Crippen molar-refractivity contribution in [2.75, 3.05) is 0 Å². The van der Waals surface area contributed by atoms with E-state index >= 15 is 0 Å². The van der Waals surface area contributed by atoms with Gasteiger partial charge in [0.05, 0.1) is 18.3 Å². The Morgan fingerprint density at radius 2 is 2.19 bits per heavy atom. The molecule has 2 aromatic rings. The molecule has 4 nitrogen and oxygen atoms in total. The van der Waals surface area contributed by atoms with Crippen LogP contribution in [0.5, 0.6) is 0 Å². The highest BCUT2D eigenvalue weighted by atomic mass is 32.1. The van der Waals surface area contributed by atoms with E-state index in [2.05, 4.69) is 10.5 Å². The number of carbonyl (C=O) groups is 1. The Morgan fingerprint density at radius 1 is 1.38 bits per heavy atom. The van der Waals surface area contributed by atoms with E-state index in [-0.39, 0.29) is 5.91 Å². The van der Waals surface area contributed by atoms with Crippen LogP contribution in [0, 0.1) is 0 Å². The lowest BCUT2D eigenvalue weighted by atomic mass is 10.2. The molecule has 2 rings (SSSR count). The molecule has 16 heavy (non-hydrogen) atoms. The van der Waals surface area contributed by atoms with E-state index < -0.39 is 0 Å². The van der Waals surface area contributed by atoms with Crippen molar-refractivity contribution in [1.29, 1.82) is 0 Å². The zero-order chi connectivity index (χ0) is 11.2. The van der Waals surface area contributed by atoms with Crippen LogP contribution < -0.4 is 5.48 Å². The Bertz CT molecular complexity index is 442. The number of nitrogens with zero attached hydrogens (tertiary/aromatic N) is 1. The number of amides is 1. The fourth-order valence-corrected chi connectivity index (χ4v) is 1.64. The van der Waals surface area contributed by atoms with Crippen molar-refractivity contribution in [1.82, 2.24) is 10.5 Å². The minimum atomic E-state index is -0.265. The number of hydrogen-bond acceptors (Lipinski definition) is 4. The van der Waals surface area contributed by atoms with Crippen molar-refractivity contribution in [3.8, 4) is 0 Å². The van der Waals surface area contributed by atoms with Gasteiger partial charge < -0.3 is 0 Å². The van der Waals surface area contributed by atoms with E-state index in [1.54, 1.807) is 5.51 Å². The summed E-state index contributed by atoms with van der Waals surface area (Å²) >= 11 is 1.27. The van der Waals surface area contributed by atoms with E-state index in [4.69, 9.17) is 4.84 Å². The van der Waals surface area contributed by atoms with Crippen molar-refractivity contribution in [3.63, 3.8) is 0 Å². The maximum atomic E-state index is 11.4. The van der Waals surface area contributed by atoms with Gasteiger partial charge in [0.15, 0.2) is 0 Å². The number of hydrogen-bond donors (Lipinski definition) is 1. The predicted octanol–water partition coefficient (Wildman–Crippen LogP) is 2.00. The van der Waals surface area contributed by atoms with E-state index in [1.165, 1.54) is 17.5 Å². The second-order valence-electron chi connectivity index (χ2n) is 3.07. The summed E-state index contributed by atoms with van der Waals surface area (Å²) < 4.78 is 0. The average molecular weight is 234 g/mol. The molecule has 1 aromatic heterocycles. The smallest absolute Gasteiger partial charge is 0.269 e. The first-order chi connectivity index (χ1) is 7.86. The van der Waals surface area contributed by atoms with Gasteiger partial charge in [0.1, 0.15) is 4.88 Å². The predicted molar refractivity (Wildman–Crippen MR) is 60.8 cm³/mol. The quantitative estimate of drug-likeness (QED) is 0.823. The van der Waals surface area contributed by atoms with Gasteiger partial charge in [0, 0.05) is 0 Å². The van der Waals surface area contributed by atoms with Gasteiger partial charge >= 0.3 is 0 Å². The fourth-order valence-electron chi connectivity index (χ4n) is 1.14. The first-order valence-corrected chi connectivity index (χ1v) is 5.59. The Morgan fingerprint density at radius 3 is 2.88 bits per heavy atom. The van der Waals surface area contributed by atoms with Gasteiger partial charge in [0.25, 0.3) is 5.91 Å². The molecule has 0 atom stereocenters. The SMILES string of the molecule is O=C(NOCc1ccccc1)c1cncs1. The Balaban J connectivity index is 1.79. The van der Waals surface area contributed by atoms with Crippen LogP contribution in [0.25, 0.3) is 0 Å². The molecule has 1 aromatic carbocycles. The Kier molecular flexibility index (Phi) is 3.63. The summed E-state index contributed by atoms with van der Waals surface area (Å²) in [5.41, 5.74) is 4.97. The Hall–Kier alpha value is -1.72. The Labute approximate surface area is 96.9 Å². The van der Waals surface area contributed by atoms with Crippen LogP contribution in [-0.2, 0) is 11.4 Å². The molecule has 82 valence electrons. The summed E-state index contributed by atoms with van der Waals surface area (Å²) in [4.78, 5) is 20.9. The van der Waals surface area contributed by atoms with Gasteiger partial charge in [-0.3, -0.25) is 14.6 Å². The molecule has 1 N–H and O–H groups in total. The molecule has 1 heterocycles. The summed E-state index contributed by atoms with van der Waals surface area (Å²) in [7, 11) is 0. The molecular weight excluding hydrogens is 224 g/mol. The molecule has 1 amide bonds. The van der Waals surface area contributed by atoms with E-state index in [9.17, 15) is 4.79 Å². The number of thiazole rings is 1. The normalized spacial score (nSPS) is 10.0. The lowest BCUT2D eigenvalue weighted by Crippen LogP contribution is -2.22. The third-order valence-corrected chi connectivity index (χ3v) is 2.67. The van der Waals surface area contributed by atoms with Crippen LogP contribution in [0.15, 0.2) is 42.0 Å². The lowest BCUT2D eigenvalue weighted by Gasteiger charge is -2.03. The van der Waals surface area contributed by atoms with Crippen molar-refractivity contribution in [2.24, 2.45) is 0 Å². The molecule has 0 aliphatic rings. The first kappa shape index (κ1) is 10.8. The molecule has 0 fully saturated rings. The summed E-state index contributed by atoms with van der Waals surface area (Å²) in [5, 5.41) is 0. The highest BCUT2D eigenvalue weighted by Crippen LogP contribution is 2.05. The van der Waals surface area contributed by atoms with Crippen molar-refractivity contribution < 1.29 is 9.63 Å². The molecule has 0 unspecified atom stereocenters. The van der Waals surface area contributed by atoms with Gasteiger partial charge in [0.2, 0.25) is 0 Å². The molecule has 0 bridgehead atoms. The second kappa shape index (κ2) is 5.39. The standard InChI is InChI=1S/C11H10N2O2S/c14-11(10-6-12-8-16-10)13-15-7-9-4-2-1-3-5-9/h1-6,8H,7H2,(H,13,14). The van der Waals surface area contributed by atoms with Crippen molar-refractivity contribution >= 4 is 17.2 Å². The van der Waals surface area contributed by atoms with E-state index in [0.717, 1.165) is 5.56 Å². The van der Waals surface area contributed by atoms with Gasteiger partial charge in [-0.05, 0) is 5.56 Å².